The summed E-state index contributed by atoms with van der Waals surface area (Å²) in [6.45, 7) is 12.2. The van der Waals surface area contributed by atoms with Gasteiger partial charge in [-0.2, -0.15) is 0 Å². The molecule has 0 aliphatic carbocycles. The van der Waals surface area contributed by atoms with E-state index >= 15 is 0 Å². The molecule has 3 heterocycles. The summed E-state index contributed by atoms with van der Waals surface area (Å²) >= 11 is 6.59. The molecule has 9 heteroatoms. The monoisotopic (exact) mass is 605 g/mol. The van der Waals surface area contributed by atoms with Gasteiger partial charge in [0.1, 0.15) is 11.6 Å². The highest BCUT2D eigenvalue weighted by Gasteiger charge is 2.79. The summed E-state index contributed by atoms with van der Waals surface area (Å²) in [5, 5.41) is 11.1. The predicted octanol–water partition coefficient (Wildman–Crippen LogP) is 4.78. The highest BCUT2D eigenvalue weighted by Crippen LogP contribution is 2.64. The molecule has 8 nitrogen and oxygen atoms in total. The minimum Gasteiger partial charge on any atom is -0.394 e. The smallest absolute Gasteiger partial charge is 0.253 e. The Kier molecular flexibility index (Phi) is 8.84. The van der Waals surface area contributed by atoms with Gasteiger partial charge in [-0.15, -0.1) is 13.2 Å². The van der Waals surface area contributed by atoms with Crippen LogP contribution in [-0.2, 0) is 19.1 Å². The summed E-state index contributed by atoms with van der Waals surface area (Å²) in [5.74, 6) is -2.62. The topological polar surface area (TPSA) is 90.4 Å². The van der Waals surface area contributed by atoms with E-state index in [9.17, 15) is 19.5 Å². The Bertz CT molecular complexity index is 1400. The number of ether oxygens (including phenoxy) is 1. The number of anilines is 1. The van der Waals surface area contributed by atoms with Gasteiger partial charge in [0.2, 0.25) is 11.8 Å². The number of benzene rings is 2. The van der Waals surface area contributed by atoms with E-state index in [-0.39, 0.29) is 18.4 Å². The molecule has 3 fully saturated rings. The van der Waals surface area contributed by atoms with Gasteiger partial charge in [-0.25, -0.2) is 0 Å². The van der Waals surface area contributed by atoms with Crippen LogP contribution in [0.15, 0.2) is 79.9 Å². The molecule has 3 amide bonds. The fourth-order valence-corrected chi connectivity index (χ4v) is 7.79. The van der Waals surface area contributed by atoms with Crippen LogP contribution >= 0.6 is 11.6 Å². The highest BCUT2D eigenvalue weighted by molar-refractivity contribution is 6.34. The van der Waals surface area contributed by atoms with Crippen LogP contribution in [0.5, 0.6) is 0 Å². The lowest BCUT2D eigenvalue weighted by atomic mass is 9.66. The van der Waals surface area contributed by atoms with Crippen molar-refractivity contribution in [1.82, 2.24) is 9.80 Å². The molecule has 2 unspecified atom stereocenters. The van der Waals surface area contributed by atoms with Gasteiger partial charge in [0.15, 0.2) is 0 Å². The van der Waals surface area contributed by atoms with Crippen molar-refractivity contribution in [3.05, 3.63) is 90.5 Å². The molecule has 1 spiro atoms. The van der Waals surface area contributed by atoms with Gasteiger partial charge >= 0.3 is 0 Å². The summed E-state index contributed by atoms with van der Waals surface area (Å²) in [4.78, 5) is 48.6. The molecule has 3 saturated heterocycles. The van der Waals surface area contributed by atoms with Crippen LogP contribution in [0, 0.1) is 11.8 Å². The number of hydrogen-bond acceptors (Lipinski definition) is 5. The molecule has 0 radical (unpaired) electrons. The van der Waals surface area contributed by atoms with E-state index in [0.717, 1.165) is 6.42 Å². The molecule has 228 valence electrons. The van der Waals surface area contributed by atoms with Crippen molar-refractivity contribution in [2.75, 3.05) is 31.1 Å². The molecule has 2 aromatic carbocycles. The van der Waals surface area contributed by atoms with Crippen molar-refractivity contribution in [1.29, 1.82) is 0 Å². The lowest BCUT2D eigenvalue weighted by molar-refractivity contribution is -0.152. The van der Waals surface area contributed by atoms with E-state index in [1.165, 1.54) is 9.80 Å². The van der Waals surface area contributed by atoms with Crippen molar-refractivity contribution in [3.8, 4) is 0 Å². The Labute approximate surface area is 258 Å². The Morgan fingerprint density at radius 2 is 1.77 bits per heavy atom. The zero-order chi connectivity index (χ0) is 30.9. The maximum atomic E-state index is 14.9. The number of likely N-dealkylation sites (tertiary alicyclic amines) is 1. The van der Waals surface area contributed by atoms with Gasteiger partial charge < -0.3 is 24.5 Å². The van der Waals surface area contributed by atoms with Crippen LogP contribution in [-0.4, -0.2) is 76.1 Å². The quantitative estimate of drug-likeness (QED) is 0.352. The van der Waals surface area contributed by atoms with E-state index in [4.69, 9.17) is 16.3 Å². The number of para-hydroxylation sites is 1. The third kappa shape index (κ3) is 4.99. The Morgan fingerprint density at radius 3 is 2.40 bits per heavy atom. The first-order valence-electron chi connectivity index (χ1n) is 14.9. The molecule has 2 bridgehead atoms. The number of halogens is 1. The van der Waals surface area contributed by atoms with Gasteiger partial charge in [-0.05, 0) is 43.9 Å². The molecule has 0 saturated carbocycles. The molecular formula is C34H40ClN3O5. The normalized spacial score (nSPS) is 28.0. The summed E-state index contributed by atoms with van der Waals surface area (Å²) in [6, 6.07) is 14.2. The number of aliphatic hydroxyl groups excluding tert-OH is 1. The van der Waals surface area contributed by atoms with Crippen LogP contribution in [0.3, 0.4) is 0 Å². The Morgan fingerprint density at radius 1 is 1.09 bits per heavy atom. The lowest BCUT2D eigenvalue weighted by Gasteiger charge is -2.39. The fourth-order valence-electron chi connectivity index (χ4n) is 7.55. The zero-order valence-corrected chi connectivity index (χ0v) is 25.6. The van der Waals surface area contributed by atoms with Crippen LogP contribution < -0.4 is 4.90 Å². The standard InChI is InChI=1S/C34H40ClN3O5/c1-5-19-36(20-6-2)30(40)27-28-31(41)38(26(22-39)23-13-9-8-10-14-23)29(34(28)18-17-33(27,4)43-34)32(42)37(21-7-3)25-16-12-11-15-24(25)35/h5,7-16,26-29,39H,1,3,6,17-22H2,2,4H3/t26-,27-,28+,29?,33+,34?/m1/s1. The first-order chi connectivity index (χ1) is 20.7. The first-order valence-corrected chi connectivity index (χ1v) is 15.3. The number of nitrogens with zero attached hydrogens (tertiary/aromatic N) is 3. The molecule has 3 aliphatic heterocycles. The third-order valence-corrected chi connectivity index (χ3v) is 9.60. The molecule has 0 aromatic heterocycles. The van der Waals surface area contributed by atoms with E-state index < -0.39 is 47.6 Å². The van der Waals surface area contributed by atoms with Crippen molar-refractivity contribution in [3.63, 3.8) is 0 Å². The van der Waals surface area contributed by atoms with Crippen molar-refractivity contribution in [2.24, 2.45) is 11.8 Å². The summed E-state index contributed by atoms with van der Waals surface area (Å²) in [6.07, 6.45) is 4.97. The lowest BCUT2D eigenvalue weighted by Crippen LogP contribution is -2.57. The third-order valence-electron chi connectivity index (χ3n) is 9.28. The van der Waals surface area contributed by atoms with Crippen LogP contribution in [0.4, 0.5) is 5.69 Å². The Hall–Kier alpha value is -3.46. The van der Waals surface area contributed by atoms with Gasteiger partial charge in [-0.3, -0.25) is 14.4 Å². The van der Waals surface area contributed by atoms with Gasteiger partial charge in [0, 0.05) is 19.6 Å². The highest BCUT2D eigenvalue weighted by atomic mass is 35.5. The molecule has 5 rings (SSSR count). The number of fused-ring (bicyclic) bond motifs is 1. The molecular weight excluding hydrogens is 566 g/mol. The maximum absolute atomic E-state index is 14.9. The minimum atomic E-state index is -1.27. The van der Waals surface area contributed by atoms with Crippen molar-refractivity contribution in [2.45, 2.75) is 56.4 Å². The number of rotatable bonds is 12. The van der Waals surface area contributed by atoms with Crippen molar-refractivity contribution >= 4 is 35.0 Å². The SMILES string of the molecule is C=CCN(CCC)C(=O)[C@H]1[C@H]2C(=O)N([C@H](CO)c3ccccc3)C(C(=O)N(CC=C)c3ccccc3Cl)C23CC[C@]1(C)O3. The maximum Gasteiger partial charge on any atom is 0.253 e. The van der Waals surface area contributed by atoms with E-state index in [1.54, 1.807) is 41.3 Å². The molecule has 2 aromatic rings. The largest absolute Gasteiger partial charge is 0.394 e. The number of aliphatic hydroxyl groups is 1. The predicted molar refractivity (Wildman–Crippen MR) is 166 cm³/mol. The molecule has 43 heavy (non-hydrogen) atoms. The number of amides is 3. The van der Waals surface area contributed by atoms with Crippen LogP contribution in [0.1, 0.15) is 44.7 Å². The summed E-state index contributed by atoms with van der Waals surface area (Å²) < 4.78 is 6.85. The summed E-state index contributed by atoms with van der Waals surface area (Å²) in [5.41, 5.74) is -1.03. The molecule has 1 N–H and O–H groups in total. The molecule has 3 aliphatic rings. The minimum absolute atomic E-state index is 0.139. The average Bonchev–Trinajstić information content (AvgIpc) is 3.57. The second-order valence-corrected chi connectivity index (χ2v) is 12.3. The second kappa shape index (κ2) is 12.3. The second-order valence-electron chi connectivity index (χ2n) is 11.8. The van der Waals surface area contributed by atoms with E-state index in [2.05, 4.69) is 13.2 Å². The van der Waals surface area contributed by atoms with Crippen LogP contribution in [0.25, 0.3) is 0 Å². The van der Waals surface area contributed by atoms with Gasteiger partial charge in [0.25, 0.3) is 5.91 Å². The van der Waals surface area contributed by atoms with Crippen molar-refractivity contribution < 1.29 is 24.2 Å². The zero-order valence-electron chi connectivity index (χ0n) is 24.8. The van der Waals surface area contributed by atoms with E-state index in [0.29, 0.717) is 42.2 Å². The Balaban J connectivity index is 1.68. The first kappa shape index (κ1) is 31.0. The number of hydrogen-bond donors (Lipinski definition) is 1. The van der Waals surface area contributed by atoms with Gasteiger partial charge in [0.05, 0.1) is 40.8 Å². The molecule has 6 atom stereocenters. The van der Waals surface area contributed by atoms with Gasteiger partial charge in [-0.1, -0.05) is 73.1 Å². The average molecular weight is 606 g/mol. The summed E-state index contributed by atoms with van der Waals surface area (Å²) in [7, 11) is 0. The van der Waals surface area contributed by atoms with Crippen LogP contribution in [0.2, 0.25) is 5.02 Å². The number of carbonyl (C=O) groups excluding carboxylic acids is 3. The number of carbonyl (C=O) groups is 3. The fraction of sp³-hybridized carbons (Fsp3) is 0.441. The van der Waals surface area contributed by atoms with E-state index in [1.807, 2.05) is 44.2 Å².